The van der Waals surface area contributed by atoms with Crippen molar-refractivity contribution in [3.63, 3.8) is 0 Å². The van der Waals surface area contributed by atoms with Crippen molar-refractivity contribution >= 4 is 11.9 Å². The van der Waals surface area contributed by atoms with Crippen molar-refractivity contribution in [1.29, 1.82) is 0 Å². The maximum Gasteiger partial charge on any atom is 1.00 e. The average molecular weight is 194 g/mol. The zero-order valence-electron chi connectivity index (χ0n) is 7.91. The Labute approximate surface area is 99.2 Å². The van der Waals surface area contributed by atoms with Crippen molar-refractivity contribution in [1.82, 2.24) is 0 Å². The van der Waals surface area contributed by atoms with Crippen molar-refractivity contribution in [2.24, 2.45) is 0 Å². The van der Waals surface area contributed by atoms with Crippen LogP contribution in [0, 0.1) is 0 Å². The molecule has 0 aliphatic heterocycles. The molecule has 0 unspecified atom stereocenters. The summed E-state index contributed by atoms with van der Waals surface area (Å²) in [6.45, 7) is 2.29. The molecule has 0 aliphatic rings. The van der Waals surface area contributed by atoms with Gasteiger partial charge in [-0.3, -0.25) is 0 Å². The normalized spacial score (nSPS) is 9.31. The summed E-state index contributed by atoms with van der Waals surface area (Å²) in [6.07, 6.45) is 3.20. The quantitative estimate of drug-likeness (QED) is 0.198. The maximum atomic E-state index is 10.6. The van der Waals surface area contributed by atoms with Gasteiger partial charge in [-0.05, 0) is 12.5 Å². The molecule has 0 aromatic rings. The third-order valence-corrected chi connectivity index (χ3v) is 1.10. The zero-order chi connectivity index (χ0) is 9.40. The van der Waals surface area contributed by atoms with Crippen LogP contribution < -0.4 is 34.7 Å². The Balaban J connectivity index is 0. The number of esters is 1. The molecule has 0 N–H and O–H groups in total. The molecular formula is C8H11NaO4. The summed E-state index contributed by atoms with van der Waals surface area (Å²) in [6, 6.07) is 0. The minimum absolute atomic E-state index is 0. The SMILES string of the molecule is CCCCOC(=O)/C=C\C(=O)[O-].[Na+]. The molecule has 0 atom stereocenters. The molecule has 0 aliphatic carbocycles. The maximum absolute atomic E-state index is 10.6. The van der Waals surface area contributed by atoms with Crippen molar-refractivity contribution < 1.29 is 49.0 Å². The number of unbranched alkanes of at least 4 members (excludes halogenated alkanes) is 1. The van der Waals surface area contributed by atoms with E-state index < -0.39 is 11.9 Å². The van der Waals surface area contributed by atoms with E-state index in [9.17, 15) is 14.7 Å². The Morgan fingerprint density at radius 3 is 2.46 bits per heavy atom. The third kappa shape index (κ3) is 11.7. The van der Waals surface area contributed by atoms with Gasteiger partial charge >= 0.3 is 35.5 Å². The summed E-state index contributed by atoms with van der Waals surface area (Å²) in [5.74, 6) is -2.05. The van der Waals surface area contributed by atoms with Crippen LogP contribution >= 0.6 is 0 Å². The number of rotatable bonds is 5. The molecule has 0 radical (unpaired) electrons. The Morgan fingerprint density at radius 2 is 2.00 bits per heavy atom. The molecule has 0 amide bonds. The molecule has 0 fully saturated rings. The van der Waals surface area contributed by atoms with Gasteiger partial charge in [0.25, 0.3) is 0 Å². The topological polar surface area (TPSA) is 66.4 Å². The number of carboxylic acid groups (broad SMARTS) is 1. The molecule has 4 nitrogen and oxygen atoms in total. The zero-order valence-corrected chi connectivity index (χ0v) is 9.91. The van der Waals surface area contributed by atoms with Crippen molar-refractivity contribution in [3.05, 3.63) is 12.2 Å². The van der Waals surface area contributed by atoms with Gasteiger partial charge in [-0.25, -0.2) is 4.79 Å². The Kier molecular flexibility index (Phi) is 11.4. The third-order valence-electron chi connectivity index (χ3n) is 1.10. The van der Waals surface area contributed by atoms with Gasteiger partial charge in [0.05, 0.1) is 12.6 Å². The summed E-state index contributed by atoms with van der Waals surface area (Å²) in [5.41, 5.74) is 0. The van der Waals surface area contributed by atoms with Crippen LogP contribution in [0.2, 0.25) is 0 Å². The van der Waals surface area contributed by atoms with E-state index in [2.05, 4.69) is 4.74 Å². The number of hydrogen-bond donors (Lipinski definition) is 0. The smallest absolute Gasteiger partial charge is 0.545 e. The first kappa shape index (κ1) is 15.2. The molecule has 5 heteroatoms. The number of hydrogen-bond acceptors (Lipinski definition) is 4. The first-order valence-corrected chi connectivity index (χ1v) is 3.72. The second-order valence-corrected chi connectivity index (χ2v) is 2.17. The predicted octanol–water partition coefficient (Wildman–Crippen LogP) is -3.36. The summed E-state index contributed by atoms with van der Waals surface area (Å²) in [5, 5.41) is 9.83. The van der Waals surface area contributed by atoms with Crippen molar-refractivity contribution in [3.8, 4) is 0 Å². The second-order valence-electron chi connectivity index (χ2n) is 2.17. The van der Waals surface area contributed by atoms with Crippen LogP contribution in [0.1, 0.15) is 19.8 Å². The van der Waals surface area contributed by atoms with E-state index >= 15 is 0 Å². The van der Waals surface area contributed by atoms with Crippen LogP contribution in [0.5, 0.6) is 0 Å². The summed E-state index contributed by atoms with van der Waals surface area (Å²) in [4.78, 5) is 20.5. The van der Waals surface area contributed by atoms with Gasteiger partial charge in [-0.1, -0.05) is 13.3 Å². The molecule has 0 aromatic heterocycles. The molecule has 0 spiro atoms. The average Bonchev–Trinajstić information content (AvgIpc) is 2.01. The van der Waals surface area contributed by atoms with Crippen molar-refractivity contribution in [2.75, 3.05) is 6.61 Å². The van der Waals surface area contributed by atoms with Gasteiger partial charge in [0, 0.05) is 6.08 Å². The first-order chi connectivity index (χ1) is 5.66. The van der Waals surface area contributed by atoms with Gasteiger partial charge in [0.15, 0.2) is 0 Å². The molecule has 0 aromatic carbocycles. The standard InChI is InChI=1S/C8H12O4.Na/c1-2-3-6-12-8(11)5-4-7(9)10;/h4-5H,2-3,6H2,1H3,(H,9,10);/q;+1/p-1/b5-4-;. The Hall–Kier alpha value is -0.320. The number of carboxylic acids is 1. The van der Waals surface area contributed by atoms with E-state index in [1.54, 1.807) is 0 Å². The number of carbonyl (C=O) groups is 2. The summed E-state index contributed by atoms with van der Waals surface area (Å²) >= 11 is 0. The minimum Gasteiger partial charge on any atom is -0.545 e. The van der Waals surface area contributed by atoms with E-state index in [0.29, 0.717) is 12.7 Å². The van der Waals surface area contributed by atoms with Gasteiger partial charge in [0.1, 0.15) is 0 Å². The molecule has 0 heterocycles. The Bertz CT molecular complexity index is 189. The van der Waals surface area contributed by atoms with E-state index in [-0.39, 0.29) is 29.6 Å². The number of carbonyl (C=O) groups excluding carboxylic acids is 2. The van der Waals surface area contributed by atoms with Crippen LogP contribution in [0.4, 0.5) is 0 Å². The summed E-state index contributed by atoms with van der Waals surface area (Å²) in [7, 11) is 0. The predicted molar refractivity (Wildman–Crippen MR) is 40.0 cm³/mol. The van der Waals surface area contributed by atoms with Crippen LogP contribution in [-0.2, 0) is 14.3 Å². The fraction of sp³-hybridized carbons (Fsp3) is 0.500. The van der Waals surface area contributed by atoms with E-state index in [1.165, 1.54) is 0 Å². The van der Waals surface area contributed by atoms with E-state index in [0.717, 1.165) is 18.9 Å². The van der Waals surface area contributed by atoms with Gasteiger partial charge in [-0.15, -0.1) is 0 Å². The molecule has 0 saturated carbocycles. The first-order valence-electron chi connectivity index (χ1n) is 3.72. The molecule has 68 valence electrons. The number of ether oxygens (including phenoxy) is 1. The van der Waals surface area contributed by atoms with Gasteiger partial charge < -0.3 is 14.6 Å². The van der Waals surface area contributed by atoms with Crippen LogP contribution in [0.25, 0.3) is 0 Å². The van der Waals surface area contributed by atoms with E-state index in [4.69, 9.17) is 0 Å². The molecule has 0 rings (SSSR count). The molecule has 0 bridgehead atoms. The molecule has 13 heavy (non-hydrogen) atoms. The Morgan fingerprint density at radius 1 is 1.38 bits per heavy atom. The van der Waals surface area contributed by atoms with Crippen LogP contribution in [0.3, 0.4) is 0 Å². The minimum atomic E-state index is -1.40. The van der Waals surface area contributed by atoms with Gasteiger partial charge in [0.2, 0.25) is 0 Å². The van der Waals surface area contributed by atoms with Gasteiger partial charge in [-0.2, -0.15) is 0 Å². The fourth-order valence-electron chi connectivity index (χ4n) is 0.501. The van der Waals surface area contributed by atoms with Crippen LogP contribution in [-0.4, -0.2) is 18.5 Å². The van der Waals surface area contributed by atoms with Crippen molar-refractivity contribution in [2.45, 2.75) is 19.8 Å². The molecular weight excluding hydrogens is 183 g/mol. The van der Waals surface area contributed by atoms with E-state index in [1.807, 2.05) is 6.92 Å². The second kappa shape index (κ2) is 9.77. The molecule has 0 saturated heterocycles. The fourth-order valence-corrected chi connectivity index (χ4v) is 0.501. The largest absolute Gasteiger partial charge is 1.00 e. The van der Waals surface area contributed by atoms with Crippen LogP contribution in [0.15, 0.2) is 12.2 Å². The monoisotopic (exact) mass is 194 g/mol. The summed E-state index contributed by atoms with van der Waals surface area (Å²) < 4.78 is 4.62. The number of aliphatic carboxylic acids is 1.